The van der Waals surface area contributed by atoms with E-state index >= 15 is 0 Å². The molecule has 2 aliphatic heterocycles. The van der Waals surface area contributed by atoms with Crippen molar-refractivity contribution in [2.45, 2.75) is 30.1 Å². The van der Waals surface area contributed by atoms with Crippen LogP contribution in [0.4, 0.5) is 13.2 Å². The summed E-state index contributed by atoms with van der Waals surface area (Å²) >= 11 is 1.55. The SMILES string of the molecule is Cn1c(SCCCN2C[C@@H]3CCN[C@@H]3C2c2c(F)cc(F)cc2F)nnc1-c1ccn(C)c(=O)c1. The number of hydrogen-bond acceptors (Lipinski definition) is 6. The first-order chi connectivity index (χ1) is 16.8. The van der Waals surface area contributed by atoms with E-state index in [0.717, 1.165) is 49.0 Å². The van der Waals surface area contributed by atoms with Gasteiger partial charge < -0.3 is 14.5 Å². The molecule has 4 heterocycles. The lowest BCUT2D eigenvalue weighted by atomic mass is 9.94. The summed E-state index contributed by atoms with van der Waals surface area (Å²) in [5.41, 5.74) is 0.540. The van der Waals surface area contributed by atoms with Crippen LogP contribution in [0.2, 0.25) is 0 Å². The second-order valence-corrected chi connectivity index (χ2v) is 10.2. The zero-order valence-corrected chi connectivity index (χ0v) is 20.4. The highest BCUT2D eigenvalue weighted by molar-refractivity contribution is 7.99. The number of benzene rings is 1. The molecule has 0 aliphatic carbocycles. The molecule has 0 radical (unpaired) electrons. The van der Waals surface area contributed by atoms with Crippen molar-refractivity contribution < 1.29 is 13.2 Å². The molecule has 0 saturated carbocycles. The monoisotopic (exact) mass is 504 g/mol. The van der Waals surface area contributed by atoms with E-state index in [1.54, 1.807) is 25.0 Å². The second-order valence-electron chi connectivity index (χ2n) is 9.18. The van der Waals surface area contributed by atoms with Gasteiger partial charge in [-0.05, 0) is 37.9 Å². The van der Waals surface area contributed by atoms with Gasteiger partial charge in [-0.15, -0.1) is 10.2 Å². The maximum absolute atomic E-state index is 14.7. The Morgan fingerprint density at radius 3 is 2.66 bits per heavy atom. The summed E-state index contributed by atoms with van der Waals surface area (Å²) in [5.74, 6) is -0.892. The van der Waals surface area contributed by atoms with Crippen LogP contribution in [0, 0.1) is 23.4 Å². The molecule has 0 bridgehead atoms. The summed E-state index contributed by atoms with van der Waals surface area (Å²) < 4.78 is 46.2. The van der Waals surface area contributed by atoms with E-state index in [9.17, 15) is 18.0 Å². The number of aryl methyl sites for hydroxylation is 1. The van der Waals surface area contributed by atoms with Gasteiger partial charge in [0.2, 0.25) is 0 Å². The Kier molecular flexibility index (Phi) is 6.73. The van der Waals surface area contributed by atoms with Gasteiger partial charge in [-0.1, -0.05) is 11.8 Å². The molecule has 5 rings (SSSR count). The van der Waals surface area contributed by atoms with E-state index in [-0.39, 0.29) is 17.2 Å². The first kappa shape index (κ1) is 24.1. The number of thioether (sulfide) groups is 1. The van der Waals surface area contributed by atoms with Crippen molar-refractivity contribution in [3.05, 3.63) is 63.8 Å². The number of pyridine rings is 1. The van der Waals surface area contributed by atoms with Gasteiger partial charge in [0.25, 0.3) is 5.56 Å². The molecule has 3 aromatic rings. The number of likely N-dealkylation sites (tertiary alicyclic amines) is 1. The predicted molar refractivity (Wildman–Crippen MR) is 128 cm³/mol. The molecule has 2 fully saturated rings. The number of nitrogens with zero attached hydrogens (tertiary/aromatic N) is 5. The van der Waals surface area contributed by atoms with Gasteiger partial charge in [-0.25, -0.2) is 13.2 Å². The van der Waals surface area contributed by atoms with E-state index in [4.69, 9.17) is 0 Å². The summed E-state index contributed by atoms with van der Waals surface area (Å²) in [4.78, 5) is 14.1. The Bertz CT molecular complexity index is 1270. The summed E-state index contributed by atoms with van der Waals surface area (Å²) in [5, 5.41) is 12.6. The molecular formula is C24H27F3N6OS. The van der Waals surface area contributed by atoms with Crippen LogP contribution in [0.15, 0.2) is 40.4 Å². The Hall–Kier alpha value is -2.63. The fourth-order valence-corrected chi connectivity index (χ4v) is 6.07. The molecule has 186 valence electrons. The van der Waals surface area contributed by atoms with Crippen LogP contribution in [-0.2, 0) is 14.1 Å². The number of rotatable bonds is 7. The van der Waals surface area contributed by atoms with Crippen molar-refractivity contribution in [1.82, 2.24) is 29.5 Å². The van der Waals surface area contributed by atoms with Crippen molar-refractivity contribution in [2.24, 2.45) is 20.0 Å². The molecule has 1 N–H and O–H groups in total. The molecule has 1 aromatic carbocycles. The van der Waals surface area contributed by atoms with Crippen LogP contribution >= 0.6 is 11.8 Å². The van der Waals surface area contributed by atoms with Gasteiger partial charge in [-0.2, -0.15) is 0 Å². The van der Waals surface area contributed by atoms with Crippen molar-refractivity contribution in [3.8, 4) is 11.4 Å². The quantitative estimate of drug-likeness (QED) is 0.394. The van der Waals surface area contributed by atoms with Crippen molar-refractivity contribution in [3.63, 3.8) is 0 Å². The minimum atomic E-state index is -0.903. The van der Waals surface area contributed by atoms with E-state index in [1.165, 1.54) is 10.6 Å². The first-order valence-corrected chi connectivity index (χ1v) is 12.6. The lowest BCUT2D eigenvalue weighted by Gasteiger charge is -2.29. The minimum absolute atomic E-state index is 0.0445. The lowest BCUT2D eigenvalue weighted by molar-refractivity contribution is 0.225. The van der Waals surface area contributed by atoms with Crippen LogP contribution in [0.3, 0.4) is 0 Å². The molecule has 3 atom stereocenters. The highest BCUT2D eigenvalue weighted by Crippen LogP contribution is 2.42. The summed E-state index contributed by atoms with van der Waals surface area (Å²) in [7, 11) is 3.55. The van der Waals surface area contributed by atoms with Crippen LogP contribution in [0.25, 0.3) is 11.4 Å². The highest BCUT2D eigenvalue weighted by Gasteiger charge is 2.46. The van der Waals surface area contributed by atoms with Crippen molar-refractivity contribution in [2.75, 3.05) is 25.4 Å². The molecule has 2 saturated heterocycles. The van der Waals surface area contributed by atoms with E-state index < -0.39 is 23.5 Å². The van der Waals surface area contributed by atoms with Gasteiger partial charge in [0.15, 0.2) is 11.0 Å². The second kappa shape index (κ2) is 9.79. The topological polar surface area (TPSA) is 68.0 Å². The number of hydrogen-bond donors (Lipinski definition) is 1. The Balaban J connectivity index is 1.25. The predicted octanol–water partition coefficient (Wildman–Crippen LogP) is 3.12. The summed E-state index contributed by atoms with van der Waals surface area (Å²) in [6.45, 7) is 2.23. The smallest absolute Gasteiger partial charge is 0.250 e. The zero-order chi connectivity index (χ0) is 24.7. The molecule has 35 heavy (non-hydrogen) atoms. The average molecular weight is 505 g/mol. The first-order valence-electron chi connectivity index (χ1n) is 11.6. The average Bonchev–Trinajstić information content (AvgIpc) is 3.49. The lowest BCUT2D eigenvalue weighted by Crippen LogP contribution is -2.36. The molecule has 11 heteroatoms. The molecule has 2 aromatic heterocycles. The molecule has 7 nitrogen and oxygen atoms in total. The maximum atomic E-state index is 14.7. The van der Waals surface area contributed by atoms with Gasteiger partial charge >= 0.3 is 0 Å². The third kappa shape index (κ3) is 4.64. The summed E-state index contributed by atoms with van der Waals surface area (Å²) in [6.07, 6.45) is 3.43. The minimum Gasteiger partial charge on any atom is -0.319 e. The molecule has 2 aliphatic rings. The zero-order valence-electron chi connectivity index (χ0n) is 19.5. The van der Waals surface area contributed by atoms with E-state index in [2.05, 4.69) is 20.4 Å². The maximum Gasteiger partial charge on any atom is 0.250 e. The van der Waals surface area contributed by atoms with Gasteiger partial charge in [0.05, 0.1) is 6.04 Å². The largest absolute Gasteiger partial charge is 0.319 e. The van der Waals surface area contributed by atoms with Crippen LogP contribution < -0.4 is 10.9 Å². The Labute approximate surface area is 205 Å². The van der Waals surface area contributed by atoms with Gasteiger partial charge in [0.1, 0.15) is 17.5 Å². The molecule has 0 amide bonds. The number of aromatic nitrogens is 4. The van der Waals surface area contributed by atoms with Crippen LogP contribution in [-0.4, -0.2) is 55.7 Å². The van der Waals surface area contributed by atoms with Crippen molar-refractivity contribution in [1.29, 1.82) is 0 Å². The summed E-state index contributed by atoms with van der Waals surface area (Å²) in [6, 6.07) is 4.38. The van der Waals surface area contributed by atoms with E-state index in [1.807, 2.05) is 17.7 Å². The van der Waals surface area contributed by atoms with Crippen LogP contribution in [0.1, 0.15) is 24.4 Å². The standard InChI is InChI=1S/C24H27F3N6OS/c1-31-8-5-14(10-19(31)34)23-29-30-24(32(23)2)35-9-3-7-33-13-15-4-6-28-21(15)22(33)20-17(26)11-16(25)12-18(20)27/h5,8,10-12,15,21-22,28H,3-4,6-7,9,13H2,1-2H3/t15-,21-,22?/m0/s1. The fourth-order valence-electron chi connectivity index (χ4n) is 5.24. The Morgan fingerprint density at radius 2 is 1.91 bits per heavy atom. The van der Waals surface area contributed by atoms with Crippen LogP contribution in [0.5, 0.6) is 0 Å². The van der Waals surface area contributed by atoms with Gasteiger partial charge in [0, 0.05) is 68.0 Å². The molecule has 1 unspecified atom stereocenters. The van der Waals surface area contributed by atoms with Gasteiger partial charge in [-0.3, -0.25) is 9.69 Å². The fraction of sp³-hybridized carbons (Fsp3) is 0.458. The normalized spacial score (nSPS) is 22.1. The van der Waals surface area contributed by atoms with Crippen molar-refractivity contribution >= 4 is 11.8 Å². The number of nitrogens with one attached hydrogen (secondary N) is 1. The third-order valence-corrected chi connectivity index (χ3v) is 8.07. The van der Waals surface area contributed by atoms with E-state index in [0.29, 0.717) is 23.9 Å². The number of fused-ring (bicyclic) bond motifs is 1. The highest BCUT2D eigenvalue weighted by atomic mass is 32.2. The Morgan fingerprint density at radius 1 is 1.14 bits per heavy atom. The molecular weight excluding hydrogens is 477 g/mol. The number of halogens is 3. The third-order valence-electron chi connectivity index (χ3n) is 6.96. The molecule has 0 spiro atoms.